The molecular formula is C18H30N4. The average Bonchev–Trinajstić information content (AvgIpc) is 2.92. The van der Waals surface area contributed by atoms with Gasteiger partial charge in [0.2, 0.25) is 0 Å². The van der Waals surface area contributed by atoms with E-state index in [0.29, 0.717) is 5.92 Å². The Labute approximate surface area is 135 Å². The van der Waals surface area contributed by atoms with Crippen LogP contribution in [0.15, 0.2) is 29.3 Å². The summed E-state index contributed by atoms with van der Waals surface area (Å²) in [6, 6.07) is 8.73. The Balaban J connectivity index is 1.76. The first-order valence-corrected chi connectivity index (χ1v) is 8.28. The van der Waals surface area contributed by atoms with Crippen LogP contribution < -0.4 is 10.6 Å². The quantitative estimate of drug-likeness (QED) is 0.647. The van der Waals surface area contributed by atoms with Gasteiger partial charge in [-0.2, -0.15) is 0 Å². The molecule has 0 aliphatic carbocycles. The van der Waals surface area contributed by atoms with Crippen molar-refractivity contribution < 1.29 is 0 Å². The molecule has 2 N–H and O–H groups in total. The summed E-state index contributed by atoms with van der Waals surface area (Å²) in [6.07, 6.45) is 1.28. The van der Waals surface area contributed by atoms with E-state index in [1.165, 1.54) is 30.6 Å². The molecule has 4 nitrogen and oxygen atoms in total. The third kappa shape index (κ3) is 5.02. The van der Waals surface area contributed by atoms with Crippen molar-refractivity contribution in [3.05, 3.63) is 35.4 Å². The molecule has 1 aromatic rings. The number of hydrogen-bond donors (Lipinski definition) is 2. The van der Waals surface area contributed by atoms with Crippen LogP contribution in [0.5, 0.6) is 0 Å². The zero-order valence-corrected chi connectivity index (χ0v) is 14.4. The van der Waals surface area contributed by atoms with Gasteiger partial charge >= 0.3 is 0 Å². The van der Waals surface area contributed by atoms with Gasteiger partial charge in [-0.1, -0.05) is 36.8 Å². The highest BCUT2D eigenvalue weighted by atomic mass is 15.2. The van der Waals surface area contributed by atoms with Crippen molar-refractivity contribution in [1.29, 1.82) is 0 Å². The van der Waals surface area contributed by atoms with Gasteiger partial charge in [-0.05, 0) is 44.3 Å². The molecule has 122 valence electrons. The lowest BCUT2D eigenvalue weighted by atomic mass is 9.99. The fourth-order valence-electron chi connectivity index (χ4n) is 3.00. The van der Waals surface area contributed by atoms with E-state index in [1.54, 1.807) is 0 Å². The Kier molecular flexibility index (Phi) is 6.25. The van der Waals surface area contributed by atoms with Crippen LogP contribution in [0.25, 0.3) is 0 Å². The summed E-state index contributed by atoms with van der Waals surface area (Å²) in [6.45, 7) is 8.69. The van der Waals surface area contributed by atoms with E-state index in [4.69, 9.17) is 0 Å². The molecule has 0 aromatic heterocycles. The van der Waals surface area contributed by atoms with Gasteiger partial charge in [-0.15, -0.1) is 0 Å². The number of nitrogens with zero attached hydrogens (tertiary/aromatic N) is 2. The largest absolute Gasteiger partial charge is 0.356 e. The summed E-state index contributed by atoms with van der Waals surface area (Å²) >= 11 is 0. The van der Waals surface area contributed by atoms with E-state index in [0.717, 1.165) is 25.0 Å². The van der Waals surface area contributed by atoms with Crippen molar-refractivity contribution in [2.24, 2.45) is 10.9 Å². The molecule has 0 bridgehead atoms. The maximum Gasteiger partial charge on any atom is 0.191 e. The average molecular weight is 302 g/mol. The first kappa shape index (κ1) is 16.8. The van der Waals surface area contributed by atoms with Crippen molar-refractivity contribution in [2.45, 2.75) is 26.2 Å². The van der Waals surface area contributed by atoms with E-state index in [2.05, 4.69) is 65.7 Å². The molecule has 2 atom stereocenters. The molecule has 1 fully saturated rings. The molecule has 0 saturated carbocycles. The molecule has 4 heteroatoms. The predicted octanol–water partition coefficient (Wildman–Crippen LogP) is 2.22. The minimum Gasteiger partial charge on any atom is -0.356 e. The van der Waals surface area contributed by atoms with E-state index in [1.807, 2.05) is 7.05 Å². The van der Waals surface area contributed by atoms with Crippen LogP contribution in [-0.2, 0) is 0 Å². The first-order chi connectivity index (χ1) is 10.6. The maximum atomic E-state index is 4.33. The SMILES string of the molecule is CN=C(NCC1CCN(C)C1)NCC(C)c1cccc(C)c1. The van der Waals surface area contributed by atoms with Crippen LogP contribution in [0.1, 0.15) is 30.4 Å². The van der Waals surface area contributed by atoms with Crippen LogP contribution in [0.4, 0.5) is 0 Å². The Morgan fingerprint density at radius 3 is 2.86 bits per heavy atom. The van der Waals surface area contributed by atoms with Gasteiger partial charge in [0.05, 0.1) is 0 Å². The van der Waals surface area contributed by atoms with Crippen molar-refractivity contribution in [2.75, 3.05) is 40.3 Å². The lowest BCUT2D eigenvalue weighted by Gasteiger charge is -2.18. The van der Waals surface area contributed by atoms with Crippen LogP contribution in [0.3, 0.4) is 0 Å². The van der Waals surface area contributed by atoms with Gasteiger partial charge in [-0.3, -0.25) is 4.99 Å². The van der Waals surface area contributed by atoms with Crippen LogP contribution >= 0.6 is 0 Å². The highest BCUT2D eigenvalue weighted by Crippen LogP contribution is 2.15. The van der Waals surface area contributed by atoms with Crippen molar-refractivity contribution >= 4 is 5.96 Å². The number of hydrogen-bond acceptors (Lipinski definition) is 2. The summed E-state index contributed by atoms with van der Waals surface area (Å²) in [5.41, 5.74) is 2.69. The Morgan fingerprint density at radius 2 is 2.23 bits per heavy atom. The minimum atomic E-state index is 0.469. The van der Waals surface area contributed by atoms with Crippen molar-refractivity contribution in [3.8, 4) is 0 Å². The molecule has 0 amide bonds. The van der Waals surface area contributed by atoms with Crippen LogP contribution in [-0.4, -0.2) is 51.1 Å². The lowest BCUT2D eigenvalue weighted by Crippen LogP contribution is -2.41. The summed E-state index contributed by atoms with van der Waals surface area (Å²) in [5.74, 6) is 2.11. The van der Waals surface area contributed by atoms with Gasteiger partial charge in [0.1, 0.15) is 0 Å². The second kappa shape index (κ2) is 8.18. The number of likely N-dealkylation sites (tertiary alicyclic amines) is 1. The molecule has 0 radical (unpaired) electrons. The molecule has 0 spiro atoms. The summed E-state index contributed by atoms with van der Waals surface area (Å²) < 4.78 is 0. The number of aliphatic imine (C=N–C) groups is 1. The van der Waals surface area contributed by atoms with Gasteiger partial charge in [0, 0.05) is 26.7 Å². The topological polar surface area (TPSA) is 39.7 Å². The molecule has 1 aromatic carbocycles. The predicted molar refractivity (Wildman–Crippen MR) is 94.6 cm³/mol. The van der Waals surface area contributed by atoms with E-state index in [9.17, 15) is 0 Å². The van der Waals surface area contributed by atoms with Gasteiger partial charge < -0.3 is 15.5 Å². The summed E-state index contributed by atoms with van der Waals surface area (Å²) in [4.78, 5) is 6.72. The van der Waals surface area contributed by atoms with Crippen molar-refractivity contribution in [3.63, 3.8) is 0 Å². The Bertz CT molecular complexity index is 498. The fourth-order valence-corrected chi connectivity index (χ4v) is 3.00. The van der Waals surface area contributed by atoms with E-state index < -0.39 is 0 Å². The smallest absolute Gasteiger partial charge is 0.191 e. The number of guanidine groups is 1. The van der Waals surface area contributed by atoms with Gasteiger partial charge in [0.15, 0.2) is 5.96 Å². The van der Waals surface area contributed by atoms with Crippen molar-refractivity contribution in [1.82, 2.24) is 15.5 Å². The number of rotatable bonds is 5. The number of nitrogens with one attached hydrogen (secondary N) is 2. The fraction of sp³-hybridized carbons (Fsp3) is 0.611. The molecule has 2 rings (SSSR count). The zero-order chi connectivity index (χ0) is 15.9. The van der Waals surface area contributed by atoms with E-state index in [-0.39, 0.29) is 0 Å². The second-order valence-electron chi connectivity index (χ2n) is 6.57. The summed E-state index contributed by atoms with van der Waals surface area (Å²) in [7, 11) is 4.03. The second-order valence-corrected chi connectivity index (χ2v) is 6.57. The molecule has 1 saturated heterocycles. The third-order valence-electron chi connectivity index (χ3n) is 4.46. The van der Waals surface area contributed by atoms with Crippen LogP contribution in [0, 0.1) is 12.8 Å². The zero-order valence-electron chi connectivity index (χ0n) is 14.4. The Hall–Kier alpha value is -1.55. The molecule has 22 heavy (non-hydrogen) atoms. The number of aryl methyl sites for hydroxylation is 1. The molecule has 1 aliphatic rings. The highest BCUT2D eigenvalue weighted by Gasteiger charge is 2.19. The number of benzene rings is 1. The maximum absolute atomic E-state index is 4.33. The minimum absolute atomic E-state index is 0.469. The Morgan fingerprint density at radius 1 is 1.41 bits per heavy atom. The van der Waals surface area contributed by atoms with Gasteiger partial charge in [0.25, 0.3) is 0 Å². The molecule has 1 heterocycles. The van der Waals surface area contributed by atoms with E-state index >= 15 is 0 Å². The van der Waals surface area contributed by atoms with Gasteiger partial charge in [-0.25, -0.2) is 0 Å². The summed E-state index contributed by atoms with van der Waals surface area (Å²) in [5, 5.41) is 6.91. The third-order valence-corrected chi connectivity index (χ3v) is 4.46. The monoisotopic (exact) mass is 302 g/mol. The highest BCUT2D eigenvalue weighted by molar-refractivity contribution is 5.79. The molecular weight excluding hydrogens is 272 g/mol. The lowest BCUT2D eigenvalue weighted by molar-refractivity contribution is 0.394. The molecule has 2 unspecified atom stereocenters. The first-order valence-electron chi connectivity index (χ1n) is 8.28. The normalized spacial score (nSPS) is 20.9. The standard InChI is InChI=1S/C18H30N4/c1-14-6-5-7-17(10-14)15(2)11-20-18(19-3)21-12-16-8-9-22(4)13-16/h5-7,10,15-16H,8-9,11-13H2,1-4H3,(H2,19,20,21). The molecule has 1 aliphatic heterocycles. The van der Waals surface area contributed by atoms with Crippen LogP contribution in [0.2, 0.25) is 0 Å².